The largest absolute Gasteiger partial charge is 0.496 e. The molecule has 0 aromatic heterocycles. The summed E-state index contributed by atoms with van der Waals surface area (Å²) in [7, 11) is 1.55. The summed E-state index contributed by atoms with van der Waals surface area (Å²) in [6.07, 6.45) is 2.50. The SMILES string of the molecule is COc1ccc(C(=O)O)cc1-c1cc(NC(=O)C2(c3ccc4c(c3)CCO4)CC2)ccc1C.[HH]. The quantitative estimate of drug-likeness (QED) is 0.543. The second-order valence-electron chi connectivity index (χ2n) is 8.71. The number of hydrogen-bond donors (Lipinski definition) is 2. The van der Waals surface area contributed by atoms with Crippen molar-refractivity contribution in [1.29, 1.82) is 0 Å². The third-order valence-electron chi connectivity index (χ3n) is 6.66. The molecule has 1 saturated carbocycles. The van der Waals surface area contributed by atoms with Crippen LogP contribution < -0.4 is 14.8 Å². The molecule has 0 radical (unpaired) electrons. The molecule has 170 valence electrons. The number of carbonyl (C=O) groups is 2. The lowest BCUT2D eigenvalue weighted by Crippen LogP contribution is -2.27. The minimum Gasteiger partial charge on any atom is -0.496 e. The third-order valence-corrected chi connectivity index (χ3v) is 6.66. The Morgan fingerprint density at radius 3 is 2.61 bits per heavy atom. The minimum absolute atomic E-state index is 0. The Labute approximate surface area is 193 Å². The third kappa shape index (κ3) is 3.71. The predicted molar refractivity (Wildman–Crippen MR) is 127 cm³/mol. The molecular formula is C27H27NO5. The topological polar surface area (TPSA) is 84.9 Å². The lowest BCUT2D eigenvalue weighted by Gasteiger charge is -2.18. The molecule has 0 atom stereocenters. The summed E-state index contributed by atoms with van der Waals surface area (Å²) in [6, 6.07) is 16.5. The number of nitrogens with one attached hydrogen (secondary N) is 1. The smallest absolute Gasteiger partial charge is 0.335 e. The van der Waals surface area contributed by atoms with Gasteiger partial charge in [0.05, 0.1) is 24.7 Å². The van der Waals surface area contributed by atoms with E-state index < -0.39 is 11.4 Å². The van der Waals surface area contributed by atoms with Gasteiger partial charge in [-0.25, -0.2) is 4.79 Å². The summed E-state index contributed by atoms with van der Waals surface area (Å²) < 4.78 is 11.1. The molecule has 0 saturated heterocycles. The van der Waals surface area contributed by atoms with Crippen LogP contribution in [0.2, 0.25) is 0 Å². The molecule has 1 amide bonds. The summed E-state index contributed by atoms with van der Waals surface area (Å²) >= 11 is 0. The van der Waals surface area contributed by atoms with Crippen molar-refractivity contribution in [2.24, 2.45) is 0 Å². The van der Waals surface area contributed by atoms with E-state index in [-0.39, 0.29) is 12.9 Å². The molecule has 6 nitrogen and oxygen atoms in total. The van der Waals surface area contributed by atoms with Crippen molar-refractivity contribution in [3.63, 3.8) is 0 Å². The van der Waals surface area contributed by atoms with Crippen LogP contribution in [0.5, 0.6) is 11.5 Å². The van der Waals surface area contributed by atoms with E-state index >= 15 is 0 Å². The highest BCUT2D eigenvalue weighted by atomic mass is 16.5. The van der Waals surface area contributed by atoms with E-state index in [1.807, 2.05) is 37.3 Å². The Hall–Kier alpha value is -3.80. The van der Waals surface area contributed by atoms with Crippen LogP contribution in [0.25, 0.3) is 11.1 Å². The van der Waals surface area contributed by atoms with E-state index in [0.29, 0.717) is 23.6 Å². The van der Waals surface area contributed by atoms with Gasteiger partial charge >= 0.3 is 5.97 Å². The first kappa shape index (κ1) is 21.1. The standard InChI is InChI=1S/C27H25NO5.H2/c1-16-3-6-20(15-21(16)22-14-18(25(29)30)4-7-24(22)32-2)28-26(31)27(10-11-27)19-5-8-23-17(13-19)9-12-33-23;/h3-8,13-15H,9-12H2,1-2H3,(H,28,31)(H,29,30);1H. The number of methoxy groups -OCH3 is 1. The van der Waals surface area contributed by atoms with Crippen LogP contribution in [0, 0.1) is 6.92 Å². The number of amides is 1. The second kappa shape index (κ2) is 7.96. The van der Waals surface area contributed by atoms with Gasteiger partial charge in [0.25, 0.3) is 0 Å². The van der Waals surface area contributed by atoms with Gasteiger partial charge in [-0.3, -0.25) is 4.79 Å². The molecule has 2 N–H and O–H groups in total. The zero-order valence-electron chi connectivity index (χ0n) is 18.6. The first-order valence-electron chi connectivity index (χ1n) is 11.0. The summed E-state index contributed by atoms with van der Waals surface area (Å²) in [5.41, 5.74) is 4.97. The van der Waals surface area contributed by atoms with Gasteiger partial charge in [0.1, 0.15) is 11.5 Å². The van der Waals surface area contributed by atoms with Gasteiger partial charge < -0.3 is 19.9 Å². The summed E-state index contributed by atoms with van der Waals surface area (Å²) in [5.74, 6) is 0.458. The molecule has 1 heterocycles. The van der Waals surface area contributed by atoms with E-state index in [1.54, 1.807) is 19.2 Å². The molecule has 2 aliphatic rings. The number of ether oxygens (including phenoxy) is 2. The molecule has 5 rings (SSSR count). The van der Waals surface area contributed by atoms with Crippen molar-refractivity contribution >= 4 is 17.6 Å². The zero-order valence-corrected chi connectivity index (χ0v) is 18.6. The number of carbonyl (C=O) groups excluding carboxylic acids is 1. The van der Waals surface area contributed by atoms with Crippen molar-refractivity contribution < 1.29 is 25.6 Å². The number of benzene rings is 3. The van der Waals surface area contributed by atoms with E-state index in [9.17, 15) is 14.7 Å². The van der Waals surface area contributed by atoms with Crippen molar-refractivity contribution in [2.45, 2.75) is 31.6 Å². The van der Waals surface area contributed by atoms with Gasteiger partial charge in [-0.15, -0.1) is 0 Å². The summed E-state index contributed by atoms with van der Waals surface area (Å²) in [6.45, 7) is 2.64. The normalized spacial score (nSPS) is 15.3. The van der Waals surface area contributed by atoms with Crippen LogP contribution in [0.1, 0.15) is 41.3 Å². The Bertz CT molecular complexity index is 1280. The maximum atomic E-state index is 13.4. The molecule has 0 bridgehead atoms. The van der Waals surface area contributed by atoms with Crippen LogP contribution >= 0.6 is 0 Å². The molecule has 6 heteroatoms. The molecule has 1 aliphatic carbocycles. The number of aromatic carboxylic acids is 1. The molecule has 1 aliphatic heterocycles. The number of hydrogen-bond acceptors (Lipinski definition) is 4. The molecule has 0 spiro atoms. The highest BCUT2D eigenvalue weighted by Gasteiger charge is 2.51. The molecule has 3 aromatic rings. The average Bonchev–Trinajstić information content (AvgIpc) is 3.50. The Morgan fingerprint density at radius 1 is 1.06 bits per heavy atom. The monoisotopic (exact) mass is 445 g/mol. The molecule has 33 heavy (non-hydrogen) atoms. The first-order chi connectivity index (χ1) is 15.9. The molecular weight excluding hydrogens is 418 g/mol. The van der Waals surface area contributed by atoms with Gasteiger partial charge in [0.15, 0.2) is 0 Å². The lowest BCUT2D eigenvalue weighted by atomic mass is 9.92. The van der Waals surface area contributed by atoms with E-state index in [1.165, 1.54) is 6.07 Å². The molecule has 1 fully saturated rings. The highest BCUT2D eigenvalue weighted by Crippen LogP contribution is 2.50. The number of carboxylic acid groups (broad SMARTS) is 1. The fraction of sp³-hybridized carbons (Fsp3) is 0.259. The van der Waals surface area contributed by atoms with Crippen molar-refractivity contribution in [2.75, 3.05) is 19.0 Å². The maximum Gasteiger partial charge on any atom is 0.335 e. The van der Waals surface area contributed by atoms with Crippen LogP contribution in [0.4, 0.5) is 5.69 Å². The summed E-state index contributed by atoms with van der Waals surface area (Å²) in [4.78, 5) is 24.9. The van der Waals surface area contributed by atoms with Crippen molar-refractivity contribution in [1.82, 2.24) is 0 Å². The number of carboxylic acids is 1. The number of rotatable bonds is 6. The number of aryl methyl sites for hydroxylation is 1. The van der Waals surface area contributed by atoms with Gasteiger partial charge in [-0.2, -0.15) is 0 Å². The maximum absolute atomic E-state index is 13.4. The van der Waals surface area contributed by atoms with Gasteiger partial charge in [0, 0.05) is 19.1 Å². The summed E-state index contributed by atoms with van der Waals surface area (Å²) in [5, 5.41) is 12.5. The van der Waals surface area contributed by atoms with E-state index in [4.69, 9.17) is 9.47 Å². The van der Waals surface area contributed by atoms with E-state index in [2.05, 4.69) is 11.4 Å². The van der Waals surface area contributed by atoms with Gasteiger partial charge in [0.2, 0.25) is 5.91 Å². The van der Waals surface area contributed by atoms with Crippen molar-refractivity contribution in [3.05, 3.63) is 76.9 Å². The van der Waals surface area contributed by atoms with Crippen LogP contribution in [0.3, 0.4) is 0 Å². The first-order valence-corrected chi connectivity index (χ1v) is 11.0. The highest BCUT2D eigenvalue weighted by molar-refractivity contribution is 6.02. The average molecular weight is 446 g/mol. The molecule has 0 unspecified atom stereocenters. The van der Waals surface area contributed by atoms with Gasteiger partial charge in [-0.1, -0.05) is 18.2 Å². The van der Waals surface area contributed by atoms with E-state index in [0.717, 1.165) is 47.3 Å². The predicted octanol–water partition coefficient (Wildman–Crippen LogP) is 5.22. The Balaban J connectivity index is 0.00000274. The Morgan fingerprint density at radius 2 is 1.88 bits per heavy atom. The van der Waals surface area contributed by atoms with Gasteiger partial charge in [-0.05, 0) is 78.4 Å². The van der Waals surface area contributed by atoms with Crippen molar-refractivity contribution in [3.8, 4) is 22.6 Å². The number of anilines is 1. The second-order valence-corrected chi connectivity index (χ2v) is 8.71. The molecule has 3 aromatic carbocycles. The zero-order chi connectivity index (χ0) is 23.2. The fourth-order valence-electron chi connectivity index (χ4n) is 4.55. The minimum atomic E-state index is -1.00. The Kier molecular flexibility index (Phi) is 5.08. The van der Waals surface area contributed by atoms with Crippen LogP contribution in [0.15, 0.2) is 54.6 Å². The van der Waals surface area contributed by atoms with Crippen LogP contribution in [-0.4, -0.2) is 30.7 Å². The number of fused-ring (bicyclic) bond motifs is 1. The van der Waals surface area contributed by atoms with Crippen LogP contribution in [-0.2, 0) is 16.6 Å². The lowest BCUT2D eigenvalue weighted by molar-refractivity contribution is -0.118. The fourth-order valence-corrected chi connectivity index (χ4v) is 4.55.